The van der Waals surface area contributed by atoms with Gasteiger partial charge in [0.05, 0.1) is 18.1 Å². The fourth-order valence-electron chi connectivity index (χ4n) is 1.43. The number of hydrogen-bond acceptors (Lipinski definition) is 5. The van der Waals surface area contributed by atoms with Gasteiger partial charge in [-0.15, -0.1) is 0 Å². The summed E-state index contributed by atoms with van der Waals surface area (Å²) in [5.41, 5.74) is 6.24. The molecule has 6 heteroatoms. The lowest BCUT2D eigenvalue weighted by Gasteiger charge is -2.06. The van der Waals surface area contributed by atoms with Crippen molar-refractivity contribution < 1.29 is 9.66 Å². The first kappa shape index (κ1) is 13.4. The Morgan fingerprint density at radius 2 is 2.24 bits per heavy atom. The molecule has 0 heterocycles. The van der Waals surface area contributed by atoms with E-state index in [1.807, 2.05) is 0 Å². The average Bonchev–Trinajstić information content (AvgIpc) is 2.34. The number of methoxy groups -OCH3 is 1. The van der Waals surface area contributed by atoms with Gasteiger partial charge < -0.3 is 15.8 Å². The number of nitro groups is 1. The van der Waals surface area contributed by atoms with Crippen LogP contribution in [0.4, 0.5) is 5.69 Å². The third-order valence-electron chi connectivity index (χ3n) is 2.28. The molecule has 1 rings (SSSR count). The van der Waals surface area contributed by atoms with Gasteiger partial charge in [0.1, 0.15) is 5.75 Å². The summed E-state index contributed by atoms with van der Waals surface area (Å²) in [6.07, 6.45) is 0.881. The summed E-state index contributed by atoms with van der Waals surface area (Å²) in [7, 11) is 1.49. The third kappa shape index (κ3) is 4.38. The van der Waals surface area contributed by atoms with Crippen molar-refractivity contribution in [1.29, 1.82) is 0 Å². The molecule has 0 atom stereocenters. The zero-order valence-corrected chi connectivity index (χ0v) is 9.81. The first-order valence-electron chi connectivity index (χ1n) is 5.40. The Labute approximate surface area is 99.9 Å². The normalized spacial score (nSPS) is 10.2. The highest BCUT2D eigenvalue weighted by Crippen LogP contribution is 2.22. The molecule has 0 saturated carbocycles. The second-order valence-electron chi connectivity index (χ2n) is 3.62. The SMILES string of the molecule is COc1cc(CNCCCN)cc([N+](=O)[O-])c1. The Balaban J connectivity index is 2.70. The number of hydrogen-bond donors (Lipinski definition) is 2. The Hall–Kier alpha value is -1.66. The molecule has 0 amide bonds. The molecule has 0 spiro atoms. The standard InChI is InChI=1S/C11H17N3O3/c1-17-11-6-9(8-13-4-2-3-12)5-10(7-11)14(15)16/h5-7,13H,2-4,8,12H2,1H3. The van der Waals surface area contributed by atoms with Gasteiger partial charge in [-0.25, -0.2) is 0 Å². The molecule has 0 radical (unpaired) electrons. The van der Waals surface area contributed by atoms with Crippen LogP contribution in [-0.4, -0.2) is 25.1 Å². The summed E-state index contributed by atoms with van der Waals surface area (Å²) >= 11 is 0. The fraction of sp³-hybridized carbons (Fsp3) is 0.455. The predicted molar refractivity (Wildman–Crippen MR) is 65.0 cm³/mol. The van der Waals surface area contributed by atoms with Gasteiger partial charge in [-0.1, -0.05) is 0 Å². The van der Waals surface area contributed by atoms with E-state index in [9.17, 15) is 10.1 Å². The van der Waals surface area contributed by atoms with Gasteiger partial charge in [-0.2, -0.15) is 0 Å². The van der Waals surface area contributed by atoms with Gasteiger partial charge in [-0.05, 0) is 31.1 Å². The van der Waals surface area contributed by atoms with Crippen molar-refractivity contribution in [3.05, 3.63) is 33.9 Å². The minimum absolute atomic E-state index is 0.0416. The van der Waals surface area contributed by atoms with E-state index in [4.69, 9.17) is 10.5 Å². The molecule has 0 bridgehead atoms. The van der Waals surface area contributed by atoms with Crippen molar-refractivity contribution in [2.45, 2.75) is 13.0 Å². The largest absolute Gasteiger partial charge is 0.496 e. The van der Waals surface area contributed by atoms with E-state index in [0.717, 1.165) is 18.5 Å². The molecule has 6 nitrogen and oxygen atoms in total. The van der Waals surface area contributed by atoms with Gasteiger partial charge in [0, 0.05) is 12.6 Å². The Morgan fingerprint density at radius 1 is 1.47 bits per heavy atom. The van der Waals surface area contributed by atoms with Gasteiger partial charge in [0.25, 0.3) is 5.69 Å². The van der Waals surface area contributed by atoms with Crippen LogP contribution in [0.1, 0.15) is 12.0 Å². The van der Waals surface area contributed by atoms with Gasteiger partial charge in [-0.3, -0.25) is 10.1 Å². The highest BCUT2D eigenvalue weighted by molar-refractivity contribution is 5.42. The molecule has 1 aromatic carbocycles. The van der Waals surface area contributed by atoms with Crippen LogP contribution in [0.2, 0.25) is 0 Å². The van der Waals surface area contributed by atoms with E-state index in [1.165, 1.54) is 19.2 Å². The topological polar surface area (TPSA) is 90.4 Å². The van der Waals surface area contributed by atoms with Crippen molar-refractivity contribution in [3.8, 4) is 5.75 Å². The Kier molecular flexibility index (Phi) is 5.38. The third-order valence-corrected chi connectivity index (χ3v) is 2.28. The van der Waals surface area contributed by atoms with Crippen molar-refractivity contribution in [3.63, 3.8) is 0 Å². The molecule has 0 aromatic heterocycles. The molecule has 0 fully saturated rings. The van der Waals surface area contributed by atoms with Gasteiger partial charge in [0.2, 0.25) is 0 Å². The van der Waals surface area contributed by atoms with Crippen LogP contribution in [0.5, 0.6) is 5.75 Å². The molecule has 0 aliphatic carbocycles. The minimum Gasteiger partial charge on any atom is -0.496 e. The Morgan fingerprint density at radius 3 is 2.82 bits per heavy atom. The number of nitrogens with zero attached hydrogens (tertiary/aromatic N) is 1. The number of ether oxygens (including phenoxy) is 1. The van der Waals surface area contributed by atoms with Crippen LogP contribution in [0.3, 0.4) is 0 Å². The summed E-state index contributed by atoms with van der Waals surface area (Å²) in [6.45, 7) is 1.99. The number of non-ortho nitro benzene ring substituents is 1. The fourth-order valence-corrected chi connectivity index (χ4v) is 1.43. The first-order valence-corrected chi connectivity index (χ1v) is 5.40. The number of nitrogens with one attached hydrogen (secondary N) is 1. The summed E-state index contributed by atoms with van der Waals surface area (Å²) in [5.74, 6) is 0.495. The van der Waals surface area contributed by atoms with Crippen molar-refractivity contribution in [1.82, 2.24) is 5.32 Å². The van der Waals surface area contributed by atoms with Crippen molar-refractivity contribution >= 4 is 5.69 Å². The molecule has 0 aliphatic rings. The van der Waals surface area contributed by atoms with E-state index >= 15 is 0 Å². The molecule has 1 aromatic rings. The average molecular weight is 239 g/mol. The van der Waals surface area contributed by atoms with Crippen LogP contribution in [0.15, 0.2) is 18.2 Å². The summed E-state index contributed by atoms with van der Waals surface area (Å²) in [5, 5.41) is 13.9. The smallest absolute Gasteiger partial charge is 0.273 e. The zero-order valence-electron chi connectivity index (χ0n) is 9.81. The minimum atomic E-state index is -0.425. The molecule has 94 valence electrons. The van der Waals surface area contributed by atoms with Crippen molar-refractivity contribution in [2.24, 2.45) is 5.73 Å². The van der Waals surface area contributed by atoms with Crippen LogP contribution < -0.4 is 15.8 Å². The number of nitro benzene ring substituents is 1. The maximum atomic E-state index is 10.7. The summed E-state index contributed by atoms with van der Waals surface area (Å²) in [6, 6.07) is 4.73. The van der Waals surface area contributed by atoms with Gasteiger partial charge in [0.15, 0.2) is 0 Å². The maximum Gasteiger partial charge on any atom is 0.273 e. The molecular formula is C11H17N3O3. The lowest BCUT2D eigenvalue weighted by molar-refractivity contribution is -0.385. The van der Waals surface area contributed by atoms with E-state index in [1.54, 1.807) is 6.07 Å². The molecule has 0 saturated heterocycles. The summed E-state index contributed by atoms with van der Waals surface area (Å²) in [4.78, 5) is 10.3. The van der Waals surface area contributed by atoms with Gasteiger partial charge >= 0.3 is 0 Å². The number of nitrogens with two attached hydrogens (primary N) is 1. The van der Waals surface area contributed by atoms with Crippen LogP contribution in [0.25, 0.3) is 0 Å². The molecule has 17 heavy (non-hydrogen) atoms. The second-order valence-corrected chi connectivity index (χ2v) is 3.62. The van der Waals surface area contributed by atoms with E-state index in [-0.39, 0.29) is 5.69 Å². The first-order chi connectivity index (χ1) is 8.17. The zero-order chi connectivity index (χ0) is 12.7. The number of rotatable bonds is 7. The highest BCUT2D eigenvalue weighted by atomic mass is 16.6. The maximum absolute atomic E-state index is 10.7. The van der Waals surface area contributed by atoms with E-state index in [0.29, 0.717) is 18.8 Å². The highest BCUT2D eigenvalue weighted by Gasteiger charge is 2.09. The monoisotopic (exact) mass is 239 g/mol. The molecule has 3 N–H and O–H groups in total. The predicted octanol–water partition coefficient (Wildman–Crippen LogP) is 1.04. The Bertz CT molecular complexity index is 382. The molecule has 0 unspecified atom stereocenters. The summed E-state index contributed by atoms with van der Waals surface area (Å²) < 4.78 is 5.02. The quantitative estimate of drug-likeness (QED) is 0.421. The number of benzene rings is 1. The lowest BCUT2D eigenvalue weighted by Crippen LogP contribution is -2.17. The van der Waals surface area contributed by atoms with Crippen LogP contribution in [0, 0.1) is 10.1 Å². The van der Waals surface area contributed by atoms with E-state index in [2.05, 4.69) is 5.32 Å². The molecular weight excluding hydrogens is 222 g/mol. The van der Waals surface area contributed by atoms with E-state index < -0.39 is 4.92 Å². The molecule has 0 aliphatic heterocycles. The second kappa shape index (κ2) is 6.82. The van der Waals surface area contributed by atoms with Crippen LogP contribution in [-0.2, 0) is 6.54 Å². The lowest BCUT2D eigenvalue weighted by atomic mass is 10.2. The van der Waals surface area contributed by atoms with Crippen LogP contribution >= 0.6 is 0 Å². The van der Waals surface area contributed by atoms with Crippen molar-refractivity contribution in [2.75, 3.05) is 20.2 Å².